The van der Waals surface area contributed by atoms with Gasteiger partial charge in [0.05, 0.1) is 0 Å². The number of hydrogen-bond acceptors (Lipinski definition) is 3. The summed E-state index contributed by atoms with van der Waals surface area (Å²) in [5.41, 5.74) is 1.45. The summed E-state index contributed by atoms with van der Waals surface area (Å²) < 4.78 is 1.53. The van der Waals surface area contributed by atoms with E-state index >= 15 is 0 Å². The normalized spacial score (nSPS) is 16.4. The number of hydrogen-bond donors (Lipinski definition) is 1. The molecule has 1 aromatic heterocycles. The maximum absolute atomic E-state index is 11.9. The lowest BCUT2D eigenvalue weighted by molar-refractivity contribution is -0.122. The van der Waals surface area contributed by atoms with E-state index in [1.54, 1.807) is 6.33 Å². The van der Waals surface area contributed by atoms with E-state index < -0.39 is 0 Å². The predicted octanol–water partition coefficient (Wildman–Crippen LogP) is 1.52. The standard InChI is InChI=1S/C15H18N4O/c20-14(9-19-12-16-11-18-19)17-10-15(7-4-8-15)13-5-2-1-3-6-13/h1-3,5-6,11-12H,4,7-10H2,(H,17,20). The molecule has 1 N–H and O–H groups in total. The number of nitrogens with zero attached hydrogens (tertiary/aromatic N) is 3. The molecule has 5 nitrogen and oxygen atoms in total. The van der Waals surface area contributed by atoms with Gasteiger partial charge in [0.25, 0.3) is 0 Å². The second kappa shape index (κ2) is 5.45. The van der Waals surface area contributed by atoms with Gasteiger partial charge < -0.3 is 5.32 Å². The van der Waals surface area contributed by atoms with Crippen molar-refractivity contribution in [1.29, 1.82) is 0 Å². The average Bonchev–Trinajstić information content (AvgIpc) is 2.91. The van der Waals surface area contributed by atoms with E-state index in [9.17, 15) is 4.79 Å². The monoisotopic (exact) mass is 270 g/mol. The minimum Gasteiger partial charge on any atom is -0.354 e. The summed E-state index contributed by atoms with van der Waals surface area (Å²) in [6.45, 7) is 0.926. The number of aromatic nitrogens is 3. The third-order valence-electron chi connectivity index (χ3n) is 4.09. The molecule has 0 saturated heterocycles. The van der Waals surface area contributed by atoms with Crippen LogP contribution in [0.1, 0.15) is 24.8 Å². The van der Waals surface area contributed by atoms with Crippen LogP contribution in [-0.4, -0.2) is 27.2 Å². The molecule has 0 spiro atoms. The molecule has 0 bridgehead atoms. The largest absolute Gasteiger partial charge is 0.354 e. The predicted molar refractivity (Wildman–Crippen MR) is 75.0 cm³/mol. The Hall–Kier alpha value is -2.17. The highest BCUT2D eigenvalue weighted by molar-refractivity contribution is 5.75. The first-order valence-electron chi connectivity index (χ1n) is 6.93. The van der Waals surface area contributed by atoms with E-state index in [0.29, 0.717) is 6.54 Å². The SMILES string of the molecule is O=C(Cn1cncn1)NCC1(c2ccccc2)CCC1. The molecule has 0 atom stereocenters. The van der Waals surface area contributed by atoms with Crippen molar-refractivity contribution >= 4 is 5.91 Å². The van der Waals surface area contributed by atoms with Crippen LogP contribution in [0.25, 0.3) is 0 Å². The zero-order chi connectivity index (χ0) is 13.8. The molecule has 104 valence electrons. The Kier molecular flexibility index (Phi) is 3.50. The van der Waals surface area contributed by atoms with Crippen LogP contribution in [0.15, 0.2) is 43.0 Å². The third-order valence-corrected chi connectivity index (χ3v) is 4.09. The number of amides is 1. The molecular weight excluding hydrogens is 252 g/mol. The molecular formula is C15H18N4O. The highest BCUT2D eigenvalue weighted by atomic mass is 16.2. The van der Waals surface area contributed by atoms with Crippen molar-refractivity contribution in [2.24, 2.45) is 0 Å². The van der Waals surface area contributed by atoms with Crippen molar-refractivity contribution in [3.63, 3.8) is 0 Å². The van der Waals surface area contributed by atoms with Gasteiger partial charge in [0.15, 0.2) is 0 Å². The summed E-state index contributed by atoms with van der Waals surface area (Å²) in [4.78, 5) is 15.8. The van der Waals surface area contributed by atoms with Crippen LogP contribution in [-0.2, 0) is 16.8 Å². The zero-order valence-electron chi connectivity index (χ0n) is 11.3. The van der Waals surface area contributed by atoms with Gasteiger partial charge in [0.2, 0.25) is 5.91 Å². The summed E-state index contributed by atoms with van der Waals surface area (Å²) >= 11 is 0. The molecule has 1 heterocycles. The Morgan fingerprint density at radius 3 is 2.70 bits per heavy atom. The fraction of sp³-hybridized carbons (Fsp3) is 0.400. The summed E-state index contributed by atoms with van der Waals surface area (Å²) in [7, 11) is 0. The Morgan fingerprint density at radius 1 is 1.30 bits per heavy atom. The van der Waals surface area contributed by atoms with Gasteiger partial charge >= 0.3 is 0 Å². The first-order chi connectivity index (χ1) is 9.78. The number of benzene rings is 1. The molecule has 2 aromatic rings. The van der Waals surface area contributed by atoms with E-state index in [1.165, 1.54) is 23.0 Å². The highest BCUT2D eigenvalue weighted by Crippen LogP contribution is 2.43. The van der Waals surface area contributed by atoms with Crippen molar-refractivity contribution in [2.45, 2.75) is 31.2 Å². The number of nitrogens with one attached hydrogen (secondary N) is 1. The second-order valence-electron chi connectivity index (χ2n) is 5.37. The Balaban J connectivity index is 1.60. The van der Waals surface area contributed by atoms with Gasteiger partial charge in [-0.25, -0.2) is 9.67 Å². The molecule has 1 amide bonds. The minimum atomic E-state index is -0.0160. The van der Waals surface area contributed by atoms with E-state index in [2.05, 4.69) is 39.7 Å². The van der Waals surface area contributed by atoms with Crippen molar-refractivity contribution in [3.8, 4) is 0 Å². The zero-order valence-corrected chi connectivity index (χ0v) is 11.3. The summed E-state index contributed by atoms with van der Waals surface area (Å²) in [5, 5.41) is 6.97. The molecule has 1 saturated carbocycles. The smallest absolute Gasteiger partial charge is 0.241 e. The molecule has 5 heteroatoms. The van der Waals surface area contributed by atoms with Crippen molar-refractivity contribution in [2.75, 3.05) is 6.54 Å². The molecule has 1 aliphatic carbocycles. The van der Waals surface area contributed by atoms with Gasteiger partial charge in [-0.3, -0.25) is 4.79 Å². The fourth-order valence-electron chi connectivity index (χ4n) is 2.75. The highest BCUT2D eigenvalue weighted by Gasteiger charge is 2.38. The van der Waals surface area contributed by atoms with Gasteiger partial charge in [-0.05, 0) is 18.4 Å². The summed E-state index contributed by atoms with van der Waals surface area (Å²) in [6, 6.07) is 10.5. The van der Waals surface area contributed by atoms with Crippen LogP contribution in [0.5, 0.6) is 0 Å². The lowest BCUT2D eigenvalue weighted by Gasteiger charge is -2.42. The Labute approximate surface area is 118 Å². The first-order valence-corrected chi connectivity index (χ1v) is 6.93. The van der Waals surface area contributed by atoms with Crippen molar-refractivity contribution < 1.29 is 4.79 Å². The maximum atomic E-state index is 11.9. The Morgan fingerprint density at radius 2 is 2.10 bits per heavy atom. The lowest BCUT2D eigenvalue weighted by atomic mass is 9.64. The van der Waals surface area contributed by atoms with Gasteiger partial charge in [-0.1, -0.05) is 36.8 Å². The maximum Gasteiger partial charge on any atom is 0.241 e. The third kappa shape index (κ3) is 2.57. The molecule has 1 aliphatic rings. The van der Waals surface area contributed by atoms with Crippen LogP contribution in [0.3, 0.4) is 0 Å². The van der Waals surface area contributed by atoms with Crippen LogP contribution in [0.4, 0.5) is 0 Å². The topological polar surface area (TPSA) is 59.8 Å². The van der Waals surface area contributed by atoms with E-state index in [1.807, 2.05) is 6.07 Å². The molecule has 0 aliphatic heterocycles. The van der Waals surface area contributed by atoms with Crippen LogP contribution < -0.4 is 5.32 Å². The molecule has 1 fully saturated rings. The molecule has 1 aromatic carbocycles. The van der Waals surface area contributed by atoms with Gasteiger partial charge in [-0.2, -0.15) is 5.10 Å². The van der Waals surface area contributed by atoms with Crippen LogP contribution in [0, 0.1) is 0 Å². The minimum absolute atomic E-state index is 0.0160. The van der Waals surface area contributed by atoms with Crippen molar-refractivity contribution in [3.05, 3.63) is 48.5 Å². The second-order valence-corrected chi connectivity index (χ2v) is 5.37. The van der Waals surface area contributed by atoms with E-state index in [0.717, 1.165) is 12.8 Å². The van der Waals surface area contributed by atoms with Gasteiger partial charge in [-0.15, -0.1) is 0 Å². The van der Waals surface area contributed by atoms with Gasteiger partial charge in [0, 0.05) is 12.0 Å². The molecule has 3 rings (SSSR count). The molecule has 0 radical (unpaired) electrons. The lowest BCUT2D eigenvalue weighted by Crippen LogP contribution is -2.46. The number of carbonyl (C=O) groups is 1. The number of carbonyl (C=O) groups excluding carboxylic acids is 1. The summed E-state index contributed by atoms with van der Waals surface area (Å²) in [5.74, 6) is -0.0160. The average molecular weight is 270 g/mol. The van der Waals surface area contributed by atoms with Gasteiger partial charge in [0.1, 0.15) is 19.2 Å². The summed E-state index contributed by atoms with van der Waals surface area (Å²) in [6.07, 6.45) is 6.50. The first kappa shape index (κ1) is 12.8. The van der Waals surface area contributed by atoms with Crippen LogP contribution >= 0.6 is 0 Å². The van der Waals surface area contributed by atoms with Crippen LogP contribution in [0.2, 0.25) is 0 Å². The molecule has 20 heavy (non-hydrogen) atoms. The quantitative estimate of drug-likeness (QED) is 0.896. The van der Waals surface area contributed by atoms with Crippen molar-refractivity contribution in [1.82, 2.24) is 20.1 Å². The fourth-order valence-corrected chi connectivity index (χ4v) is 2.75. The van der Waals surface area contributed by atoms with E-state index in [4.69, 9.17) is 0 Å². The molecule has 0 unspecified atom stereocenters. The van der Waals surface area contributed by atoms with E-state index in [-0.39, 0.29) is 17.9 Å². The Bertz CT molecular complexity index is 561. The number of rotatable bonds is 5.